The lowest BCUT2D eigenvalue weighted by atomic mass is 10.2. The van der Waals surface area contributed by atoms with Gasteiger partial charge in [0.1, 0.15) is 5.15 Å². The molecule has 0 aliphatic rings. The molecule has 3 rings (SSSR count). The molecule has 0 aliphatic carbocycles. The maximum atomic E-state index is 12.5. The molecule has 0 spiro atoms. The molecule has 2 heterocycles. The Hall–Kier alpha value is -2.71. The molecule has 23 heavy (non-hydrogen) atoms. The van der Waals surface area contributed by atoms with E-state index in [2.05, 4.69) is 16.8 Å². The number of benzene rings is 1. The predicted octanol–water partition coefficient (Wildman–Crippen LogP) is 2.22. The number of hydrogen-bond acceptors (Lipinski definition) is 2. The molecule has 5 nitrogen and oxygen atoms in total. The average Bonchev–Trinajstić information content (AvgIpc) is 2.94. The van der Waals surface area contributed by atoms with Crippen LogP contribution in [0.25, 0.3) is 10.9 Å². The lowest BCUT2D eigenvalue weighted by Gasteiger charge is -2.09. The van der Waals surface area contributed by atoms with Crippen LogP contribution in [0.4, 0.5) is 0 Å². The van der Waals surface area contributed by atoms with Crippen molar-refractivity contribution < 1.29 is 0 Å². The zero-order valence-corrected chi connectivity index (χ0v) is 13.2. The van der Waals surface area contributed by atoms with E-state index in [1.165, 1.54) is 15.2 Å². The van der Waals surface area contributed by atoms with Crippen LogP contribution in [0.5, 0.6) is 0 Å². The Balaban J connectivity index is 2.11. The zero-order valence-electron chi connectivity index (χ0n) is 12.5. The van der Waals surface area contributed by atoms with E-state index < -0.39 is 11.2 Å². The Bertz CT molecular complexity index is 1050. The van der Waals surface area contributed by atoms with Crippen LogP contribution in [0, 0.1) is 11.8 Å². The maximum absolute atomic E-state index is 12.5. The number of halogens is 1. The van der Waals surface area contributed by atoms with Crippen LogP contribution in [-0.2, 0) is 13.1 Å². The Kier molecular flexibility index (Phi) is 4.09. The van der Waals surface area contributed by atoms with Crippen molar-refractivity contribution in [3.05, 3.63) is 68.1 Å². The highest BCUT2D eigenvalue weighted by Crippen LogP contribution is 2.17. The van der Waals surface area contributed by atoms with E-state index in [9.17, 15) is 9.59 Å². The maximum Gasteiger partial charge on any atom is 0.333 e. The van der Waals surface area contributed by atoms with Gasteiger partial charge in [-0.1, -0.05) is 35.7 Å². The van der Waals surface area contributed by atoms with Gasteiger partial charge in [-0.05, 0) is 18.6 Å². The molecule has 0 bridgehead atoms. The van der Waals surface area contributed by atoms with Gasteiger partial charge in [0, 0.05) is 23.2 Å². The minimum atomic E-state index is -0.462. The summed E-state index contributed by atoms with van der Waals surface area (Å²) in [5.74, 6) is 5.50. The molecule has 3 aromatic rings. The van der Waals surface area contributed by atoms with Gasteiger partial charge in [0.15, 0.2) is 0 Å². The van der Waals surface area contributed by atoms with Crippen LogP contribution in [0.15, 0.2) is 46.1 Å². The second-order valence-corrected chi connectivity index (χ2v) is 5.43. The van der Waals surface area contributed by atoms with E-state index in [1.807, 2.05) is 24.3 Å². The first-order valence-electron chi connectivity index (χ1n) is 7.06. The molecule has 0 aliphatic heterocycles. The van der Waals surface area contributed by atoms with Crippen LogP contribution < -0.4 is 11.2 Å². The van der Waals surface area contributed by atoms with Gasteiger partial charge in [-0.25, -0.2) is 4.79 Å². The minimum Gasteiger partial charge on any atom is -0.361 e. The van der Waals surface area contributed by atoms with Gasteiger partial charge < -0.3 is 4.98 Å². The quantitative estimate of drug-likeness (QED) is 0.592. The highest BCUT2D eigenvalue weighted by Gasteiger charge is 2.12. The van der Waals surface area contributed by atoms with Gasteiger partial charge in [0.2, 0.25) is 0 Å². The summed E-state index contributed by atoms with van der Waals surface area (Å²) in [5, 5.41) is 1.08. The number of H-pyrrole nitrogens is 1. The molecular formula is C17H14ClN3O2. The van der Waals surface area contributed by atoms with Crippen molar-refractivity contribution in [2.45, 2.75) is 20.0 Å². The van der Waals surface area contributed by atoms with Crippen molar-refractivity contribution in [1.82, 2.24) is 14.1 Å². The SMILES string of the molecule is CC#CCn1c(Cl)cc(=O)n(Cc2c[nH]c3ccccc23)c1=O. The van der Waals surface area contributed by atoms with Crippen LogP contribution in [0.1, 0.15) is 12.5 Å². The van der Waals surface area contributed by atoms with Gasteiger partial charge in [-0.2, -0.15) is 0 Å². The molecule has 0 unspecified atom stereocenters. The molecule has 0 saturated heterocycles. The number of rotatable bonds is 3. The first-order valence-corrected chi connectivity index (χ1v) is 7.44. The van der Waals surface area contributed by atoms with E-state index >= 15 is 0 Å². The number of para-hydroxylation sites is 1. The van der Waals surface area contributed by atoms with E-state index in [0.717, 1.165) is 16.5 Å². The zero-order chi connectivity index (χ0) is 16.4. The monoisotopic (exact) mass is 327 g/mol. The van der Waals surface area contributed by atoms with E-state index in [0.29, 0.717) is 0 Å². The van der Waals surface area contributed by atoms with Crippen molar-refractivity contribution in [3.8, 4) is 11.8 Å². The summed E-state index contributed by atoms with van der Waals surface area (Å²) in [6, 6.07) is 8.98. The summed E-state index contributed by atoms with van der Waals surface area (Å²) in [7, 11) is 0. The number of nitrogens with zero attached hydrogens (tertiary/aromatic N) is 2. The van der Waals surface area contributed by atoms with Crippen molar-refractivity contribution in [2.75, 3.05) is 0 Å². The fourth-order valence-electron chi connectivity index (χ4n) is 2.47. The molecule has 1 N–H and O–H groups in total. The van der Waals surface area contributed by atoms with Gasteiger partial charge >= 0.3 is 5.69 Å². The molecule has 2 aromatic heterocycles. The molecule has 0 radical (unpaired) electrons. The molecule has 6 heteroatoms. The van der Waals surface area contributed by atoms with Crippen LogP contribution >= 0.6 is 11.6 Å². The normalized spacial score (nSPS) is 10.5. The predicted molar refractivity (Wildman–Crippen MR) is 90.8 cm³/mol. The summed E-state index contributed by atoms with van der Waals surface area (Å²) in [5.41, 5.74) is 0.943. The molecule has 0 saturated carbocycles. The smallest absolute Gasteiger partial charge is 0.333 e. The summed E-state index contributed by atoms with van der Waals surface area (Å²) < 4.78 is 2.45. The van der Waals surface area contributed by atoms with Crippen LogP contribution in [-0.4, -0.2) is 14.1 Å². The number of fused-ring (bicyclic) bond motifs is 1. The third kappa shape index (κ3) is 2.81. The number of aromatic nitrogens is 3. The van der Waals surface area contributed by atoms with E-state index in [4.69, 9.17) is 11.6 Å². The fraction of sp³-hybridized carbons (Fsp3) is 0.176. The van der Waals surface area contributed by atoms with Gasteiger partial charge in [0.25, 0.3) is 5.56 Å². The second kappa shape index (κ2) is 6.19. The second-order valence-electron chi connectivity index (χ2n) is 5.05. The largest absolute Gasteiger partial charge is 0.361 e. The van der Waals surface area contributed by atoms with Gasteiger partial charge in [-0.15, -0.1) is 5.92 Å². The topological polar surface area (TPSA) is 59.8 Å². The van der Waals surface area contributed by atoms with Gasteiger partial charge in [-0.3, -0.25) is 13.9 Å². The minimum absolute atomic E-state index is 0.0953. The summed E-state index contributed by atoms with van der Waals surface area (Å²) in [6.45, 7) is 2.02. The van der Waals surface area contributed by atoms with Crippen molar-refractivity contribution in [1.29, 1.82) is 0 Å². The lowest BCUT2D eigenvalue weighted by molar-refractivity contribution is 0.625. The van der Waals surface area contributed by atoms with Crippen molar-refractivity contribution in [3.63, 3.8) is 0 Å². The Labute approximate surface area is 137 Å². The Morgan fingerprint density at radius 2 is 2.00 bits per heavy atom. The van der Waals surface area contributed by atoms with Crippen LogP contribution in [0.3, 0.4) is 0 Å². The third-order valence-corrected chi connectivity index (χ3v) is 3.96. The van der Waals surface area contributed by atoms with Crippen molar-refractivity contribution >= 4 is 22.5 Å². The molecule has 0 fully saturated rings. The first kappa shape index (κ1) is 15.2. The fourth-order valence-corrected chi connectivity index (χ4v) is 2.69. The molecule has 0 atom stereocenters. The molecular weight excluding hydrogens is 314 g/mol. The first-order chi connectivity index (χ1) is 11.1. The standard InChI is InChI=1S/C17H14ClN3O2/c1-2-3-8-20-15(18)9-16(22)21(17(20)23)11-12-10-19-14-7-5-4-6-13(12)14/h4-7,9-10,19H,8,11H2,1H3. The molecule has 116 valence electrons. The molecule has 0 amide bonds. The highest BCUT2D eigenvalue weighted by molar-refractivity contribution is 6.29. The van der Waals surface area contributed by atoms with Crippen LogP contribution in [0.2, 0.25) is 5.15 Å². The Morgan fingerprint density at radius 3 is 2.78 bits per heavy atom. The highest BCUT2D eigenvalue weighted by atomic mass is 35.5. The summed E-state index contributed by atoms with van der Waals surface area (Å²) in [4.78, 5) is 27.8. The average molecular weight is 328 g/mol. The number of aromatic amines is 1. The number of nitrogens with one attached hydrogen (secondary N) is 1. The number of hydrogen-bond donors (Lipinski definition) is 1. The summed E-state index contributed by atoms with van der Waals surface area (Å²) in [6.07, 6.45) is 1.81. The van der Waals surface area contributed by atoms with E-state index in [1.54, 1.807) is 13.1 Å². The van der Waals surface area contributed by atoms with Crippen molar-refractivity contribution in [2.24, 2.45) is 0 Å². The Morgan fingerprint density at radius 1 is 1.22 bits per heavy atom. The molecule has 1 aromatic carbocycles. The van der Waals surface area contributed by atoms with Gasteiger partial charge in [0.05, 0.1) is 13.1 Å². The third-order valence-electron chi connectivity index (χ3n) is 3.65. The van der Waals surface area contributed by atoms with E-state index in [-0.39, 0.29) is 18.2 Å². The summed E-state index contributed by atoms with van der Waals surface area (Å²) >= 11 is 6.00. The lowest BCUT2D eigenvalue weighted by Crippen LogP contribution is -2.39.